The normalized spacial score (nSPS) is 11.5. The van der Waals surface area contributed by atoms with E-state index in [2.05, 4.69) is 5.32 Å². The second-order valence-corrected chi connectivity index (χ2v) is 4.69. The minimum absolute atomic E-state index is 0. The molecular weight excluding hydrogens is 260 g/mol. The molecule has 0 saturated heterocycles. The molecule has 1 atom stereocenters. The smallest absolute Gasteiger partial charge is 0.261 e. The monoisotopic (exact) mass is 276 g/mol. The number of carbonyl (C=O) groups is 2. The Hall–Kier alpha value is -0.910. The lowest BCUT2D eigenvalue weighted by Gasteiger charge is -2.05. The molecule has 0 aliphatic heterocycles. The summed E-state index contributed by atoms with van der Waals surface area (Å²) in [6.07, 6.45) is 0.747. The topological polar surface area (TPSA) is 72.2 Å². The zero-order chi connectivity index (χ0) is 12.1. The van der Waals surface area contributed by atoms with E-state index in [1.54, 1.807) is 11.4 Å². The third-order valence-electron chi connectivity index (χ3n) is 2.12. The van der Waals surface area contributed by atoms with Gasteiger partial charge in [-0.15, -0.1) is 23.7 Å². The Balaban J connectivity index is 0.00000256. The van der Waals surface area contributed by atoms with E-state index < -0.39 is 0 Å². The van der Waals surface area contributed by atoms with Gasteiger partial charge in [-0.1, -0.05) is 0 Å². The van der Waals surface area contributed by atoms with Gasteiger partial charge in [-0.3, -0.25) is 9.59 Å². The summed E-state index contributed by atoms with van der Waals surface area (Å²) >= 11 is 1.28. The predicted octanol–water partition coefficient (Wildman–Crippen LogP) is 1.84. The van der Waals surface area contributed by atoms with Crippen molar-refractivity contribution < 1.29 is 9.59 Å². The van der Waals surface area contributed by atoms with Crippen LogP contribution in [0.4, 0.5) is 0 Å². The number of halogens is 1. The van der Waals surface area contributed by atoms with E-state index >= 15 is 0 Å². The number of carbonyl (C=O) groups excluding carboxylic acids is 2. The number of ketones is 1. The molecule has 1 aromatic rings. The number of amides is 1. The van der Waals surface area contributed by atoms with E-state index in [0.29, 0.717) is 17.0 Å². The summed E-state index contributed by atoms with van der Waals surface area (Å²) in [6.45, 7) is 3.94. The van der Waals surface area contributed by atoms with Crippen molar-refractivity contribution in [2.45, 2.75) is 26.3 Å². The van der Waals surface area contributed by atoms with Crippen LogP contribution in [0, 0.1) is 0 Å². The first-order chi connectivity index (χ1) is 7.50. The van der Waals surface area contributed by atoms with Crippen LogP contribution in [-0.4, -0.2) is 24.3 Å². The molecule has 3 N–H and O–H groups in total. The summed E-state index contributed by atoms with van der Waals surface area (Å²) in [5, 5.41) is 4.46. The molecule has 0 radical (unpaired) electrons. The Morgan fingerprint density at radius 3 is 2.65 bits per heavy atom. The molecule has 0 bridgehead atoms. The molecule has 0 fully saturated rings. The minimum atomic E-state index is -0.141. The van der Waals surface area contributed by atoms with Crippen molar-refractivity contribution in [3.8, 4) is 0 Å². The first kappa shape index (κ1) is 16.1. The van der Waals surface area contributed by atoms with Crippen LogP contribution >= 0.6 is 23.7 Å². The van der Waals surface area contributed by atoms with Crippen LogP contribution in [0.25, 0.3) is 0 Å². The van der Waals surface area contributed by atoms with Crippen molar-refractivity contribution in [3.63, 3.8) is 0 Å². The van der Waals surface area contributed by atoms with Crippen molar-refractivity contribution in [3.05, 3.63) is 21.9 Å². The van der Waals surface area contributed by atoms with Crippen molar-refractivity contribution in [2.24, 2.45) is 5.73 Å². The van der Waals surface area contributed by atoms with E-state index in [1.807, 2.05) is 6.92 Å². The lowest BCUT2D eigenvalue weighted by Crippen LogP contribution is -2.28. The molecule has 1 aromatic heterocycles. The molecule has 96 valence electrons. The predicted molar refractivity (Wildman–Crippen MR) is 72.2 cm³/mol. The van der Waals surface area contributed by atoms with Gasteiger partial charge in [-0.05, 0) is 26.3 Å². The SMILES string of the molecule is CC(=O)c1csc(C(=O)NCCC(C)N)c1.Cl. The maximum absolute atomic E-state index is 11.6. The number of Topliss-reactive ketones (excluding diaryl/α,β-unsaturated/α-hetero) is 1. The fraction of sp³-hybridized carbons (Fsp3) is 0.455. The number of thiophene rings is 1. The lowest BCUT2D eigenvalue weighted by molar-refractivity contribution is 0.0956. The molecule has 1 heterocycles. The summed E-state index contributed by atoms with van der Waals surface area (Å²) in [5.74, 6) is -0.163. The van der Waals surface area contributed by atoms with Gasteiger partial charge in [0.2, 0.25) is 0 Å². The highest BCUT2D eigenvalue weighted by molar-refractivity contribution is 7.12. The van der Waals surface area contributed by atoms with Crippen LogP contribution in [0.2, 0.25) is 0 Å². The third-order valence-corrected chi connectivity index (χ3v) is 3.04. The van der Waals surface area contributed by atoms with Gasteiger partial charge in [0.05, 0.1) is 4.88 Å². The minimum Gasteiger partial charge on any atom is -0.351 e. The van der Waals surface area contributed by atoms with Gasteiger partial charge in [-0.25, -0.2) is 0 Å². The first-order valence-electron chi connectivity index (χ1n) is 5.14. The Bertz CT molecular complexity index is 391. The van der Waals surface area contributed by atoms with Gasteiger partial charge < -0.3 is 11.1 Å². The maximum Gasteiger partial charge on any atom is 0.261 e. The largest absolute Gasteiger partial charge is 0.351 e. The van der Waals surface area contributed by atoms with Gasteiger partial charge in [-0.2, -0.15) is 0 Å². The number of hydrogen-bond donors (Lipinski definition) is 2. The van der Waals surface area contributed by atoms with Gasteiger partial charge in [0.15, 0.2) is 5.78 Å². The molecule has 6 heteroatoms. The Morgan fingerprint density at radius 2 is 2.18 bits per heavy atom. The van der Waals surface area contributed by atoms with Gasteiger partial charge in [0.1, 0.15) is 0 Å². The summed E-state index contributed by atoms with van der Waals surface area (Å²) in [7, 11) is 0. The van der Waals surface area contributed by atoms with E-state index in [0.717, 1.165) is 6.42 Å². The van der Waals surface area contributed by atoms with Crippen LogP contribution in [0.15, 0.2) is 11.4 Å². The third kappa shape index (κ3) is 5.30. The fourth-order valence-corrected chi connectivity index (χ4v) is 2.00. The molecule has 0 aliphatic rings. The van der Waals surface area contributed by atoms with Crippen molar-refractivity contribution in [2.75, 3.05) is 6.54 Å². The van der Waals surface area contributed by atoms with Gasteiger partial charge in [0.25, 0.3) is 5.91 Å². The van der Waals surface area contributed by atoms with Crippen molar-refractivity contribution in [1.29, 1.82) is 0 Å². The van der Waals surface area contributed by atoms with E-state index in [9.17, 15) is 9.59 Å². The van der Waals surface area contributed by atoms with Crippen molar-refractivity contribution >= 4 is 35.4 Å². The molecule has 0 spiro atoms. The lowest BCUT2D eigenvalue weighted by atomic mass is 10.2. The molecule has 0 saturated carbocycles. The number of nitrogens with two attached hydrogens (primary N) is 1. The molecule has 4 nitrogen and oxygen atoms in total. The second kappa shape index (κ2) is 7.42. The zero-order valence-electron chi connectivity index (χ0n) is 9.86. The Morgan fingerprint density at radius 1 is 1.53 bits per heavy atom. The highest BCUT2D eigenvalue weighted by Gasteiger charge is 2.10. The van der Waals surface area contributed by atoms with Gasteiger partial charge >= 0.3 is 0 Å². The summed E-state index contributed by atoms with van der Waals surface area (Å²) in [5.41, 5.74) is 6.15. The molecule has 1 rings (SSSR count). The van der Waals surface area contributed by atoms with Crippen LogP contribution in [0.3, 0.4) is 0 Å². The number of nitrogens with one attached hydrogen (secondary N) is 1. The molecule has 0 aromatic carbocycles. The van der Waals surface area contributed by atoms with Crippen LogP contribution < -0.4 is 11.1 Å². The fourth-order valence-electron chi connectivity index (χ4n) is 1.14. The Labute approximate surface area is 111 Å². The number of hydrogen-bond acceptors (Lipinski definition) is 4. The average molecular weight is 277 g/mol. The van der Waals surface area contributed by atoms with Crippen LogP contribution in [0.1, 0.15) is 40.3 Å². The van der Waals surface area contributed by atoms with Crippen molar-refractivity contribution in [1.82, 2.24) is 5.32 Å². The van der Waals surface area contributed by atoms with Crippen LogP contribution in [0.5, 0.6) is 0 Å². The molecule has 0 aliphatic carbocycles. The van der Waals surface area contributed by atoms with E-state index in [-0.39, 0.29) is 30.1 Å². The highest BCUT2D eigenvalue weighted by Crippen LogP contribution is 2.14. The molecule has 17 heavy (non-hydrogen) atoms. The molecule has 1 amide bonds. The van der Waals surface area contributed by atoms with E-state index in [4.69, 9.17) is 5.73 Å². The van der Waals surface area contributed by atoms with Crippen LogP contribution in [-0.2, 0) is 0 Å². The summed E-state index contributed by atoms with van der Waals surface area (Å²) in [4.78, 5) is 23.2. The van der Waals surface area contributed by atoms with E-state index in [1.165, 1.54) is 18.3 Å². The average Bonchev–Trinajstić information content (AvgIpc) is 2.65. The quantitative estimate of drug-likeness (QED) is 0.806. The molecule has 1 unspecified atom stereocenters. The summed E-state index contributed by atoms with van der Waals surface area (Å²) in [6, 6.07) is 1.70. The first-order valence-corrected chi connectivity index (χ1v) is 6.02. The standard InChI is InChI=1S/C11H16N2O2S.ClH/c1-7(12)3-4-13-11(15)10-5-9(6-16-10)8(2)14;/h5-7H,3-4,12H2,1-2H3,(H,13,15);1H. The maximum atomic E-state index is 11.6. The highest BCUT2D eigenvalue weighted by atomic mass is 35.5. The second-order valence-electron chi connectivity index (χ2n) is 3.78. The number of rotatable bonds is 5. The zero-order valence-corrected chi connectivity index (χ0v) is 11.5. The summed E-state index contributed by atoms with van der Waals surface area (Å²) < 4.78 is 0. The van der Waals surface area contributed by atoms with Gasteiger partial charge in [0, 0.05) is 23.5 Å². The molecular formula is C11H17ClN2O2S. The Kier molecular flexibility index (Phi) is 7.03.